The number of amides is 1. The van der Waals surface area contributed by atoms with Crippen molar-refractivity contribution in [2.75, 3.05) is 43.9 Å². The molecule has 1 aromatic heterocycles. The number of carbonyl (C=O) groups is 1. The molecule has 1 amide bonds. The van der Waals surface area contributed by atoms with Crippen molar-refractivity contribution in [3.8, 4) is 5.75 Å². The number of hydrogen-bond donors (Lipinski definition) is 0. The van der Waals surface area contributed by atoms with E-state index in [1.807, 2.05) is 25.1 Å². The molecule has 7 nitrogen and oxygen atoms in total. The number of likely N-dealkylation sites (N-methyl/N-ethyl adjacent to an activating group) is 1. The Kier molecular flexibility index (Phi) is 10.3. The van der Waals surface area contributed by atoms with Gasteiger partial charge in [-0.25, -0.2) is 13.4 Å². The number of sulfone groups is 1. The molecule has 0 unspecified atom stereocenters. The van der Waals surface area contributed by atoms with Crippen molar-refractivity contribution in [3.05, 3.63) is 48.0 Å². The van der Waals surface area contributed by atoms with E-state index in [2.05, 4.69) is 23.7 Å². The van der Waals surface area contributed by atoms with E-state index in [4.69, 9.17) is 4.74 Å². The summed E-state index contributed by atoms with van der Waals surface area (Å²) in [4.78, 5) is 22.0. The Hall–Kier alpha value is -2.20. The summed E-state index contributed by atoms with van der Waals surface area (Å²) in [6.45, 7) is 8.93. The van der Waals surface area contributed by atoms with E-state index in [-0.39, 0.29) is 35.4 Å². The van der Waals surface area contributed by atoms with Crippen LogP contribution in [0.15, 0.2) is 47.4 Å². The SMILES string of the molecule is CCN(CC)CCN(C(=O)CCS(=O)(=O)c1ccc(C)cc1)c1nc2ccc(OC)cc2s1.Cl. The molecule has 0 N–H and O–H groups in total. The summed E-state index contributed by atoms with van der Waals surface area (Å²) in [7, 11) is -1.94. The fourth-order valence-corrected chi connectivity index (χ4v) is 5.73. The Balaban J connectivity index is 0.00000408. The average molecular weight is 526 g/mol. The highest BCUT2D eigenvalue weighted by Crippen LogP contribution is 2.32. The number of fused-ring (bicyclic) bond motifs is 1. The molecule has 0 atom stereocenters. The molecule has 10 heteroatoms. The Morgan fingerprint density at radius 3 is 2.35 bits per heavy atom. The number of methoxy groups -OCH3 is 1. The lowest BCUT2D eigenvalue weighted by Gasteiger charge is -2.24. The number of thiazole rings is 1. The van der Waals surface area contributed by atoms with Crippen molar-refractivity contribution in [1.82, 2.24) is 9.88 Å². The summed E-state index contributed by atoms with van der Waals surface area (Å²) in [5, 5.41) is 0.572. The number of aromatic nitrogens is 1. The molecule has 3 rings (SSSR count). The van der Waals surface area contributed by atoms with E-state index in [0.717, 1.165) is 34.6 Å². The standard InChI is InChI=1S/C24H31N3O4S2.ClH/c1-5-26(6-2)14-15-27(24-25-21-12-9-19(31-4)17-22(21)32-24)23(28)13-16-33(29,30)20-10-7-18(3)8-11-20;/h7-12,17H,5-6,13-16H2,1-4H3;1H. The van der Waals surface area contributed by atoms with Crippen LogP contribution in [0, 0.1) is 6.92 Å². The van der Waals surface area contributed by atoms with Crippen molar-refractivity contribution < 1.29 is 17.9 Å². The highest BCUT2D eigenvalue weighted by Gasteiger charge is 2.23. The molecule has 0 saturated carbocycles. The molecule has 0 aliphatic heterocycles. The zero-order chi connectivity index (χ0) is 24.0. The molecular formula is C24H32ClN3O4S2. The summed E-state index contributed by atoms with van der Waals surface area (Å²) in [6, 6.07) is 12.3. The topological polar surface area (TPSA) is 79.8 Å². The van der Waals surface area contributed by atoms with Gasteiger partial charge in [0.05, 0.1) is 28.0 Å². The van der Waals surface area contributed by atoms with Gasteiger partial charge < -0.3 is 9.64 Å². The van der Waals surface area contributed by atoms with E-state index in [0.29, 0.717) is 18.2 Å². The van der Waals surface area contributed by atoms with Crippen LogP contribution in [0.2, 0.25) is 0 Å². The summed E-state index contributed by atoms with van der Waals surface area (Å²) in [6.07, 6.45) is -0.103. The first-order valence-corrected chi connectivity index (χ1v) is 13.5. The smallest absolute Gasteiger partial charge is 0.229 e. The van der Waals surface area contributed by atoms with Gasteiger partial charge in [-0.3, -0.25) is 9.69 Å². The van der Waals surface area contributed by atoms with Crippen molar-refractivity contribution >= 4 is 54.8 Å². The minimum absolute atomic E-state index is 0. The Bertz CT molecular complexity index is 1190. The van der Waals surface area contributed by atoms with Crippen LogP contribution in [0.1, 0.15) is 25.8 Å². The number of nitrogens with zero attached hydrogens (tertiary/aromatic N) is 3. The predicted molar refractivity (Wildman–Crippen MR) is 141 cm³/mol. The lowest BCUT2D eigenvalue weighted by Crippen LogP contribution is -2.39. The molecule has 34 heavy (non-hydrogen) atoms. The van der Waals surface area contributed by atoms with E-state index >= 15 is 0 Å². The van der Waals surface area contributed by atoms with Gasteiger partial charge in [0.2, 0.25) is 5.91 Å². The fourth-order valence-electron chi connectivity index (χ4n) is 3.46. The summed E-state index contributed by atoms with van der Waals surface area (Å²) >= 11 is 1.41. The third-order valence-electron chi connectivity index (χ3n) is 5.62. The second-order valence-corrected chi connectivity index (χ2v) is 10.9. The highest BCUT2D eigenvalue weighted by atomic mass is 35.5. The van der Waals surface area contributed by atoms with Crippen molar-refractivity contribution in [1.29, 1.82) is 0 Å². The molecule has 0 fully saturated rings. The average Bonchev–Trinajstić information content (AvgIpc) is 3.23. The third kappa shape index (κ3) is 6.91. The largest absolute Gasteiger partial charge is 0.497 e. The number of aryl methyl sites for hydroxylation is 1. The Morgan fingerprint density at radius 2 is 1.74 bits per heavy atom. The minimum Gasteiger partial charge on any atom is -0.497 e. The number of ether oxygens (including phenoxy) is 1. The molecule has 2 aromatic carbocycles. The van der Waals surface area contributed by atoms with Crippen LogP contribution in [-0.4, -0.2) is 63.3 Å². The number of rotatable bonds is 11. The maximum absolute atomic E-state index is 13.2. The Morgan fingerprint density at radius 1 is 1.06 bits per heavy atom. The van der Waals surface area contributed by atoms with Gasteiger partial charge in [-0.1, -0.05) is 42.9 Å². The molecule has 3 aromatic rings. The van der Waals surface area contributed by atoms with E-state index < -0.39 is 9.84 Å². The van der Waals surface area contributed by atoms with Gasteiger partial charge >= 0.3 is 0 Å². The number of benzene rings is 2. The monoisotopic (exact) mass is 525 g/mol. The minimum atomic E-state index is -3.55. The van der Waals surface area contributed by atoms with Gasteiger partial charge in [0.1, 0.15) is 5.75 Å². The number of hydrogen-bond acceptors (Lipinski definition) is 7. The van der Waals surface area contributed by atoms with Crippen molar-refractivity contribution in [3.63, 3.8) is 0 Å². The van der Waals surface area contributed by atoms with Crippen LogP contribution >= 0.6 is 23.7 Å². The van der Waals surface area contributed by atoms with Crippen molar-refractivity contribution in [2.45, 2.75) is 32.1 Å². The number of halogens is 1. The maximum atomic E-state index is 13.2. The third-order valence-corrected chi connectivity index (χ3v) is 8.39. The van der Waals surface area contributed by atoms with Gasteiger partial charge in [0.15, 0.2) is 15.0 Å². The van der Waals surface area contributed by atoms with Gasteiger partial charge in [-0.2, -0.15) is 0 Å². The van der Waals surface area contributed by atoms with Crippen LogP contribution < -0.4 is 9.64 Å². The van der Waals surface area contributed by atoms with Crippen LogP contribution in [0.25, 0.3) is 10.2 Å². The quantitative estimate of drug-likeness (QED) is 0.365. The van der Waals surface area contributed by atoms with Crippen LogP contribution in [0.5, 0.6) is 5.75 Å². The first-order valence-electron chi connectivity index (χ1n) is 11.0. The normalized spacial score (nSPS) is 11.4. The zero-order valence-corrected chi connectivity index (χ0v) is 22.4. The fraction of sp³-hybridized carbons (Fsp3) is 0.417. The predicted octanol–water partition coefficient (Wildman–Crippen LogP) is 4.57. The molecule has 0 aliphatic rings. The molecule has 0 bridgehead atoms. The van der Waals surface area contributed by atoms with Crippen LogP contribution in [0.4, 0.5) is 5.13 Å². The van der Waals surface area contributed by atoms with Gasteiger partial charge in [-0.15, -0.1) is 12.4 Å². The van der Waals surface area contributed by atoms with E-state index in [1.165, 1.54) is 11.3 Å². The van der Waals surface area contributed by atoms with E-state index in [1.54, 1.807) is 36.3 Å². The lowest BCUT2D eigenvalue weighted by molar-refractivity contribution is -0.118. The van der Waals surface area contributed by atoms with Gasteiger partial charge in [0.25, 0.3) is 0 Å². The summed E-state index contributed by atoms with van der Waals surface area (Å²) in [5.41, 5.74) is 1.77. The van der Waals surface area contributed by atoms with Gasteiger partial charge in [0, 0.05) is 19.5 Å². The summed E-state index contributed by atoms with van der Waals surface area (Å²) < 4.78 is 31.8. The molecule has 0 spiro atoms. The van der Waals surface area contributed by atoms with Crippen molar-refractivity contribution in [2.24, 2.45) is 0 Å². The summed E-state index contributed by atoms with van der Waals surface area (Å²) in [5.74, 6) is 0.238. The molecule has 1 heterocycles. The number of anilines is 1. The molecule has 0 radical (unpaired) electrons. The maximum Gasteiger partial charge on any atom is 0.229 e. The molecule has 186 valence electrons. The van der Waals surface area contributed by atoms with Crippen LogP contribution in [0.3, 0.4) is 0 Å². The lowest BCUT2D eigenvalue weighted by atomic mass is 10.2. The Labute approximate surface area is 212 Å². The first-order chi connectivity index (χ1) is 15.8. The second-order valence-electron chi connectivity index (χ2n) is 7.78. The van der Waals surface area contributed by atoms with Gasteiger partial charge in [-0.05, 0) is 50.3 Å². The van der Waals surface area contributed by atoms with E-state index in [9.17, 15) is 13.2 Å². The zero-order valence-electron chi connectivity index (χ0n) is 20.0. The first kappa shape index (κ1) is 28.0. The molecule has 0 saturated heterocycles. The number of carbonyl (C=O) groups excluding carboxylic acids is 1. The molecular weight excluding hydrogens is 494 g/mol. The second kappa shape index (κ2) is 12.5. The highest BCUT2D eigenvalue weighted by molar-refractivity contribution is 7.91. The molecule has 0 aliphatic carbocycles. The van der Waals surface area contributed by atoms with Crippen LogP contribution in [-0.2, 0) is 14.6 Å².